The van der Waals surface area contributed by atoms with Crippen LogP contribution in [-0.2, 0) is 13.5 Å². The first kappa shape index (κ1) is 17.9. The van der Waals surface area contributed by atoms with Crippen molar-refractivity contribution in [3.05, 3.63) is 45.8 Å². The molecule has 27 heavy (non-hydrogen) atoms. The maximum atomic E-state index is 13.4. The summed E-state index contributed by atoms with van der Waals surface area (Å²) in [6, 6.07) is 1.85. The Balaban J connectivity index is 1.61. The number of likely N-dealkylation sites (tertiary alicyclic amines) is 1. The standard InChI is InChI=1S/C19H24N6OS/c1-4-15-12-27-17(21-15)14-7-5-9-24(11-14)19(26)16-13(2)22-23(3)18(16)25-10-6-8-20-25/h6,8,10,12,14H,4-5,7,9,11H2,1-3H3. The number of rotatable bonds is 4. The van der Waals surface area contributed by atoms with Gasteiger partial charge in [-0.3, -0.25) is 4.79 Å². The summed E-state index contributed by atoms with van der Waals surface area (Å²) < 4.78 is 3.44. The number of nitrogens with zero attached hydrogens (tertiary/aromatic N) is 6. The van der Waals surface area contributed by atoms with Gasteiger partial charge in [0.2, 0.25) is 0 Å². The Labute approximate surface area is 162 Å². The summed E-state index contributed by atoms with van der Waals surface area (Å²) in [5, 5.41) is 12.1. The molecule has 0 N–H and O–H groups in total. The minimum atomic E-state index is 0.0306. The molecule has 0 radical (unpaired) electrons. The Morgan fingerprint density at radius 3 is 2.96 bits per heavy atom. The molecule has 1 saturated heterocycles. The van der Waals surface area contributed by atoms with E-state index in [2.05, 4.69) is 22.5 Å². The Morgan fingerprint density at radius 1 is 1.41 bits per heavy atom. The lowest BCUT2D eigenvalue weighted by Crippen LogP contribution is -2.39. The summed E-state index contributed by atoms with van der Waals surface area (Å²) in [6.45, 7) is 5.49. The van der Waals surface area contributed by atoms with E-state index in [1.165, 1.54) is 0 Å². The fourth-order valence-corrected chi connectivity index (χ4v) is 4.78. The van der Waals surface area contributed by atoms with Crippen molar-refractivity contribution in [2.24, 2.45) is 7.05 Å². The molecule has 1 fully saturated rings. The van der Waals surface area contributed by atoms with Crippen LogP contribution >= 0.6 is 11.3 Å². The Morgan fingerprint density at radius 2 is 2.26 bits per heavy atom. The second-order valence-corrected chi connectivity index (χ2v) is 7.87. The van der Waals surface area contributed by atoms with Gasteiger partial charge in [0.1, 0.15) is 5.56 Å². The molecule has 4 rings (SSSR count). The van der Waals surface area contributed by atoms with Gasteiger partial charge in [-0.25, -0.2) is 14.3 Å². The summed E-state index contributed by atoms with van der Waals surface area (Å²) in [5.74, 6) is 1.06. The highest BCUT2D eigenvalue weighted by atomic mass is 32.1. The van der Waals surface area contributed by atoms with Gasteiger partial charge in [-0.2, -0.15) is 10.2 Å². The van der Waals surface area contributed by atoms with Crippen LogP contribution in [0.15, 0.2) is 23.8 Å². The van der Waals surface area contributed by atoms with Crippen molar-refractivity contribution in [1.82, 2.24) is 29.4 Å². The molecular weight excluding hydrogens is 360 g/mol. The molecule has 3 aromatic heterocycles. The van der Waals surface area contributed by atoms with Crippen LogP contribution in [0.1, 0.15) is 52.4 Å². The summed E-state index contributed by atoms with van der Waals surface area (Å²) in [4.78, 5) is 20.1. The maximum absolute atomic E-state index is 13.4. The van der Waals surface area contributed by atoms with Crippen LogP contribution in [-0.4, -0.2) is 48.4 Å². The van der Waals surface area contributed by atoms with E-state index >= 15 is 0 Å². The minimum absolute atomic E-state index is 0.0306. The van der Waals surface area contributed by atoms with Gasteiger partial charge in [0.15, 0.2) is 5.82 Å². The van der Waals surface area contributed by atoms with E-state index in [1.54, 1.807) is 26.9 Å². The van der Waals surface area contributed by atoms with Crippen LogP contribution in [0.25, 0.3) is 5.82 Å². The predicted molar refractivity (Wildman–Crippen MR) is 104 cm³/mol. The molecule has 1 aliphatic heterocycles. The van der Waals surface area contributed by atoms with Gasteiger partial charge in [0.05, 0.1) is 16.4 Å². The van der Waals surface area contributed by atoms with E-state index in [0.717, 1.165) is 42.2 Å². The lowest BCUT2D eigenvalue weighted by molar-refractivity contribution is 0.0706. The lowest BCUT2D eigenvalue weighted by atomic mass is 9.98. The first-order valence-corrected chi connectivity index (χ1v) is 10.2. The van der Waals surface area contributed by atoms with E-state index in [1.807, 2.05) is 31.1 Å². The highest BCUT2D eigenvalue weighted by Crippen LogP contribution is 2.31. The van der Waals surface area contributed by atoms with Crippen molar-refractivity contribution in [3.63, 3.8) is 0 Å². The first-order valence-electron chi connectivity index (χ1n) is 9.35. The monoisotopic (exact) mass is 384 g/mol. The highest BCUT2D eigenvalue weighted by molar-refractivity contribution is 7.09. The molecule has 8 heteroatoms. The number of aromatic nitrogens is 5. The summed E-state index contributed by atoms with van der Waals surface area (Å²) >= 11 is 1.72. The zero-order chi connectivity index (χ0) is 19.0. The number of hydrogen-bond donors (Lipinski definition) is 0. The van der Waals surface area contributed by atoms with Gasteiger partial charge in [-0.15, -0.1) is 11.3 Å². The largest absolute Gasteiger partial charge is 0.338 e. The molecule has 0 bridgehead atoms. The minimum Gasteiger partial charge on any atom is -0.338 e. The van der Waals surface area contributed by atoms with E-state index in [-0.39, 0.29) is 5.91 Å². The van der Waals surface area contributed by atoms with Crippen LogP contribution in [0.5, 0.6) is 0 Å². The maximum Gasteiger partial charge on any atom is 0.259 e. The van der Waals surface area contributed by atoms with E-state index in [4.69, 9.17) is 4.98 Å². The number of hydrogen-bond acceptors (Lipinski definition) is 5. The summed E-state index contributed by atoms with van der Waals surface area (Å²) in [7, 11) is 1.85. The molecule has 1 amide bonds. The van der Waals surface area contributed by atoms with Gasteiger partial charge in [0, 0.05) is 43.8 Å². The molecule has 1 atom stereocenters. The molecule has 1 aliphatic rings. The van der Waals surface area contributed by atoms with Crippen molar-refractivity contribution < 1.29 is 4.79 Å². The van der Waals surface area contributed by atoms with Gasteiger partial charge < -0.3 is 4.90 Å². The highest BCUT2D eigenvalue weighted by Gasteiger charge is 2.31. The van der Waals surface area contributed by atoms with Crippen molar-refractivity contribution in [1.29, 1.82) is 0 Å². The summed E-state index contributed by atoms with van der Waals surface area (Å²) in [5.41, 5.74) is 2.51. The van der Waals surface area contributed by atoms with Crippen LogP contribution in [0, 0.1) is 6.92 Å². The second kappa shape index (κ2) is 7.26. The third kappa shape index (κ3) is 3.29. The van der Waals surface area contributed by atoms with E-state index < -0.39 is 0 Å². The average Bonchev–Trinajstić information content (AvgIpc) is 3.41. The quantitative estimate of drug-likeness (QED) is 0.693. The number of aryl methyl sites for hydroxylation is 3. The van der Waals surface area contributed by atoms with Crippen LogP contribution in [0.3, 0.4) is 0 Å². The number of carbonyl (C=O) groups excluding carboxylic acids is 1. The molecule has 0 spiro atoms. The summed E-state index contributed by atoms with van der Waals surface area (Å²) in [6.07, 6.45) is 6.58. The Hall–Kier alpha value is -2.48. The van der Waals surface area contributed by atoms with Crippen LogP contribution in [0.4, 0.5) is 0 Å². The van der Waals surface area contributed by atoms with Crippen molar-refractivity contribution in [2.75, 3.05) is 13.1 Å². The molecule has 3 aromatic rings. The SMILES string of the molecule is CCc1csc(C2CCCN(C(=O)c3c(C)nn(C)c3-n3cccn3)C2)n1. The molecule has 1 unspecified atom stereocenters. The molecule has 0 saturated carbocycles. The molecule has 4 heterocycles. The lowest BCUT2D eigenvalue weighted by Gasteiger charge is -2.32. The number of piperidine rings is 1. The number of carbonyl (C=O) groups is 1. The topological polar surface area (TPSA) is 68.8 Å². The fraction of sp³-hybridized carbons (Fsp3) is 0.474. The smallest absolute Gasteiger partial charge is 0.259 e. The average molecular weight is 385 g/mol. The Kier molecular flexibility index (Phi) is 4.82. The molecule has 0 aromatic carbocycles. The van der Waals surface area contributed by atoms with Crippen molar-refractivity contribution in [3.8, 4) is 5.82 Å². The normalized spacial score (nSPS) is 17.4. The van der Waals surface area contributed by atoms with E-state index in [0.29, 0.717) is 23.8 Å². The van der Waals surface area contributed by atoms with Gasteiger partial charge in [0.25, 0.3) is 5.91 Å². The van der Waals surface area contributed by atoms with Crippen molar-refractivity contribution in [2.45, 2.75) is 39.0 Å². The fourth-order valence-electron chi connectivity index (χ4n) is 3.75. The predicted octanol–water partition coefficient (Wildman–Crippen LogP) is 2.95. The zero-order valence-corrected chi connectivity index (χ0v) is 16.7. The van der Waals surface area contributed by atoms with Crippen LogP contribution < -0.4 is 0 Å². The van der Waals surface area contributed by atoms with Gasteiger partial charge >= 0.3 is 0 Å². The van der Waals surface area contributed by atoms with Gasteiger partial charge in [-0.05, 0) is 32.3 Å². The number of amides is 1. The zero-order valence-electron chi connectivity index (χ0n) is 15.9. The third-order valence-electron chi connectivity index (χ3n) is 5.12. The molecule has 142 valence electrons. The number of thiazole rings is 1. The Bertz CT molecular complexity index is 942. The van der Waals surface area contributed by atoms with Crippen LogP contribution in [0.2, 0.25) is 0 Å². The third-order valence-corrected chi connectivity index (χ3v) is 6.17. The van der Waals surface area contributed by atoms with Gasteiger partial charge in [-0.1, -0.05) is 6.92 Å². The molecular formula is C19H24N6OS. The molecule has 7 nitrogen and oxygen atoms in total. The second-order valence-electron chi connectivity index (χ2n) is 6.98. The molecule has 0 aliphatic carbocycles. The van der Waals surface area contributed by atoms with E-state index in [9.17, 15) is 4.79 Å². The van der Waals surface area contributed by atoms with Crippen molar-refractivity contribution >= 4 is 17.2 Å². The first-order chi connectivity index (χ1) is 13.1.